The fourth-order valence-corrected chi connectivity index (χ4v) is 3.99. The average molecular weight is 482 g/mol. The number of ketones is 1. The molecule has 9 nitrogen and oxygen atoms in total. The maximum atomic E-state index is 13.7. The van der Waals surface area contributed by atoms with Crippen molar-refractivity contribution in [3.05, 3.63) is 74.8 Å². The van der Waals surface area contributed by atoms with Crippen LogP contribution in [0.4, 0.5) is 5.69 Å². The van der Waals surface area contributed by atoms with Gasteiger partial charge in [-0.1, -0.05) is 37.8 Å². The number of benzene rings is 2. The van der Waals surface area contributed by atoms with Crippen molar-refractivity contribution in [1.82, 2.24) is 4.90 Å². The van der Waals surface area contributed by atoms with Crippen LogP contribution in [-0.2, 0) is 9.59 Å². The van der Waals surface area contributed by atoms with Gasteiger partial charge >= 0.3 is 0 Å². The van der Waals surface area contributed by atoms with Crippen molar-refractivity contribution in [2.24, 2.45) is 5.92 Å². The molecule has 186 valence electrons. The van der Waals surface area contributed by atoms with Crippen LogP contribution in [0.25, 0.3) is 5.76 Å². The largest absolute Gasteiger partial charge is 0.872 e. The minimum atomic E-state index is -1.00. The summed E-state index contributed by atoms with van der Waals surface area (Å²) >= 11 is 0. The van der Waals surface area contributed by atoms with E-state index in [0.29, 0.717) is 35.9 Å². The number of likely N-dealkylation sites (tertiary alicyclic amines) is 1. The topological polar surface area (TPSA) is 117 Å². The van der Waals surface area contributed by atoms with E-state index in [1.807, 2.05) is 27.9 Å². The van der Waals surface area contributed by atoms with Gasteiger partial charge in [0.05, 0.1) is 44.8 Å². The van der Waals surface area contributed by atoms with Crippen molar-refractivity contribution in [1.29, 1.82) is 0 Å². The van der Waals surface area contributed by atoms with Crippen molar-refractivity contribution in [3.63, 3.8) is 0 Å². The minimum absolute atomic E-state index is 0.179. The normalized spacial score (nSPS) is 17.5. The number of amides is 1. The molecule has 0 radical (unpaired) electrons. The summed E-state index contributed by atoms with van der Waals surface area (Å²) in [5.41, 5.74) is 0.877. The monoisotopic (exact) mass is 481 g/mol. The molecule has 9 heteroatoms. The third kappa shape index (κ3) is 5.68. The molecule has 2 aromatic carbocycles. The van der Waals surface area contributed by atoms with E-state index in [0.717, 1.165) is 4.90 Å². The number of hydrogen-bond donors (Lipinski definition) is 1. The number of nitrogens with zero attached hydrogens (tertiary/aromatic N) is 2. The molecule has 3 rings (SSSR count). The predicted molar refractivity (Wildman–Crippen MR) is 129 cm³/mol. The SMILES string of the molecule is Cc1cc(OCC(C)C)ccc1C([O-])=C1C(=O)C(=O)N(CC[NH+](C)C)C1c1cccc([N+](=O)[O-])c1. The molecule has 0 bridgehead atoms. The molecular weight excluding hydrogens is 450 g/mol. The molecule has 0 saturated carbocycles. The number of quaternary nitrogens is 1. The number of nitro benzene ring substituents is 1. The first-order valence-electron chi connectivity index (χ1n) is 11.5. The van der Waals surface area contributed by atoms with Crippen molar-refractivity contribution in [3.8, 4) is 5.75 Å². The number of rotatable bonds is 9. The van der Waals surface area contributed by atoms with E-state index in [1.165, 1.54) is 23.1 Å². The Morgan fingerprint density at radius 2 is 1.89 bits per heavy atom. The number of non-ortho nitro benzene ring substituents is 1. The Bertz CT molecular complexity index is 1170. The summed E-state index contributed by atoms with van der Waals surface area (Å²) in [5, 5.41) is 25.0. The highest BCUT2D eigenvalue weighted by Crippen LogP contribution is 2.40. The lowest BCUT2D eigenvalue weighted by Gasteiger charge is -2.28. The van der Waals surface area contributed by atoms with Gasteiger partial charge in [-0.2, -0.15) is 0 Å². The van der Waals surface area contributed by atoms with Crippen LogP contribution in [0.3, 0.4) is 0 Å². The van der Waals surface area contributed by atoms with Crippen LogP contribution in [0.15, 0.2) is 48.0 Å². The Hall–Kier alpha value is -3.72. The number of aryl methyl sites for hydroxylation is 1. The molecule has 35 heavy (non-hydrogen) atoms. The summed E-state index contributed by atoms with van der Waals surface area (Å²) in [6.45, 7) is 7.08. The van der Waals surface area contributed by atoms with Crippen LogP contribution in [0.1, 0.15) is 36.6 Å². The second-order valence-corrected chi connectivity index (χ2v) is 9.46. The molecule has 1 saturated heterocycles. The van der Waals surface area contributed by atoms with Gasteiger partial charge in [0.25, 0.3) is 11.6 Å². The van der Waals surface area contributed by atoms with Crippen LogP contribution in [0.5, 0.6) is 5.75 Å². The maximum Gasteiger partial charge on any atom is 0.295 e. The van der Waals surface area contributed by atoms with Crippen LogP contribution in [0.2, 0.25) is 0 Å². The third-order valence-electron chi connectivity index (χ3n) is 5.80. The maximum absolute atomic E-state index is 13.7. The smallest absolute Gasteiger partial charge is 0.295 e. The Morgan fingerprint density at radius 3 is 2.49 bits per heavy atom. The van der Waals surface area contributed by atoms with Gasteiger partial charge in [0.15, 0.2) is 0 Å². The lowest BCUT2D eigenvalue weighted by Crippen LogP contribution is -3.06. The number of nitrogens with one attached hydrogen (secondary N) is 1. The highest BCUT2D eigenvalue weighted by molar-refractivity contribution is 6.46. The third-order valence-corrected chi connectivity index (χ3v) is 5.80. The number of hydrogen-bond acceptors (Lipinski definition) is 6. The van der Waals surface area contributed by atoms with Gasteiger partial charge in [0, 0.05) is 17.7 Å². The zero-order valence-corrected chi connectivity index (χ0v) is 20.7. The lowest BCUT2D eigenvalue weighted by molar-refractivity contribution is -0.857. The van der Waals surface area contributed by atoms with Crippen LogP contribution >= 0.6 is 0 Å². The number of Topliss-reactive ketones (excluding diaryl/α,β-unsaturated/α-hetero) is 1. The van der Waals surface area contributed by atoms with Gasteiger partial charge in [-0.15, -0.1) is 0 Å². The molecule has 1 atom stereocenters. The highest BCUT2D eigenvalue weighted by Gasteiger charge is 2.44. The highest BCUT2D eigenvalue weighted by atomic mass is 16.6. The summed E-state index contributed by atoms with van der Waals surface area (Å²) in [4.78, 5) is 39.3. The molecule has 1 unspecified atom stereocenters. The second kappa shape index (κ2) is 10.7. The van der Waals surface area contributed by atoms with Crippen molar-refractivity contribution in [2.45, 2.75) is 26.8 Å². The van der Waals surface area contributed by atoms with E-state index in [4.69, 9.17) is 4.74 Å². The number of carbonyl (C=O) groups is 2. The number of likely N-dealkylation sites (N-methyl/N-ethyl adjacent to an activating group) is 1. The summed E-state index contributed by atoms with van der Waals surface area (Å²) < 4.78 is 5.73. The Morgan fingerprint density at radius 1 is 1.17 bits per heavy atom. The molecule has 1 aliphatic rings. The van der Waals surface area contributed by atoms with Gasteiger partial charge < -0.3 is 19.6 Å². The van der Waals surface area contributed by atoms with Crippen LogP contribution in [-0.4, -0.2) is 55.3 Å². The fourth-order valence-electron chi connectivity index (χ4n) is 3.99. The average Bonchev–Trinajstić information content (AvgIpc) is 3.06. The van der Waals surface area contributed by atoms with Gasteiger partial charge in [-0.05, 0) is 41.7 Å². The summed E-state index contributed by atoms with van der Waals surface area (Å²) in [7, 11) is 3.82. The van der Waals surface area contributed by atoms with Crippen molar-refractivity contribution >= 4 is 23.1 Å². The Kier molecular flexibility index (Phi) is 7.91. The zero-order chi connectivity index (χ0) is 25.9. The van der Waals surface area contributed by atoms with Crippen molar-refractivity contribution in [2.75, 3.05) is 33.8 Å². The fraction of sp³-hybridized carbons (Fsp3) is 0.385. The molecule has 1 heterocycles. The number of ether oxygens (including phenoxy) is 1. The second-order valence-electron chi connectivity index (χ2n) is 9.46. The van der Waals surface area contributed by atoms with Crippen molar-refractivity contribution < 1.29 is 29.3 Å². The lowest BCUT2D eigenvalue weighted by atomic mass is 9.93. The minimum Gasteiger partial charge on any atom is -0.872 e. The Balaban J connectivity index is 2.12. The van der Waals surface area contributed by atoms with Gasteiger partial charge in [-0.25, -0.2) is 0 Å². The first kappa shape index (κ1) is 25.9. The molecule has 0 spiro atoms. The first-order chi connectivity index (χ1) is 16.5. The van der Waals surface area contributed by atoms with E-state index >= 15 is 0 Å². The van der Waals surface area contributed by atoms with Crippen LogP contribution in [0, 0.1) is 23.0 Å². The standard InChI is InChI=1S/C26H31N3O6/c1-16(2)15-35-20-9-10-21(17(3)13-20)24(30)22-23(18-7-6-8-19(14-18)29(33)34)28(12-11-27(4)5)26(32)25(22)31/h6-10,13-14,16,23,30H,11-12,15H2,1-5H3. The van der Waals surface area contributed by atoms with E-state index < -0.39 is 28.4 Å². The van der Waals surface area contributed by atoms with Gasteiger partial charge in [-0.3, -0.25) is 19.7 Å². The Labute approximate surface area is 204 Å². The number of nitro groups is 1. The van der Waals surface area contributed by atoms with Gasteiger partial charge in [0.2, 0.25) is 5.78 Å². The summed E-state index contributed by atoms with van der Waals surface area (Å²) in [6.07, 6.45) is 0. The zero-order valence-electron chi connectivity index (χ0n) is 20.7. The first-order valence-corrected chi connectivity index (χ1v) is 11.5. The molecule has 1 amide bonds. The van der Waals surface area contributed by atoms with E-state index in [9.17, 15) is 24.8 Å². The molecule has 1 aliphatic heterocycles. The predicted octanol–water partition coefficient (Wildman–Crippen LogP) is 1.31. The summed E-state index contributed by atoms with van der Waals surface area (Å²) in [5.74, 6) is -1.27. The van der Waals surface area contributed by atoms with E-state index in [-0.39, 0.29) is 23.4 Å². The quantitative estimate of drug-likeness (QED) is 0.190. The van der Waals surface area contributed by atoms with E-state index in [2.05, 4.69) is 0 Å². The van der Waals surface area contributed by atoms with Gasteiger partial charge in [0.1, 0.15) is 5.75 Å². The number of carbonyl (C=O) groups excluding carboxylic acids is 2. The molecular formula is C26H31N3O6. The molecule has 0 aliphatic carbocycles. The molecule has 1 fully saturated rings. The van der Waals surface area contributed by atoms with E-state index in [1.54, 1.807) is 31.2 Å². The molecule has 2 aromatic rings. The molecule has 0 aromatic heterocycles. The van der Waals surface area contributed by atoms with Crippen LogP contribution < -0.4 is 14.7 Å². The molecule has 1 N–H and O–H groups in total. The summed E-state index contributed by atoms with van der Waals surface area (Å²) in [6, 6.07) is 9.72.